The van der Waals surface area contributed by atoms with E-state index >= 15 is 0 Å². The van der Waals surface area contributed by atoms with Crippen molar-refractivity contribution in [2.24, 2.45) is 0 Å². The molecule has 0 unspecified atom stereocenters. The van der Waals surface area contributed by atoms with Gasteiger partial charge in [0.25, 0.3) is 5.91 Å². The number of benzene rings is 2. The average Bonchev–Trinajstić information content (AvgIpc) is 2.53. The molecule has 0 aliphatic heterocycles. The van der Waals surface area contributed by atoms with Crippen LogP contribution >= 0.6 is 0 Å². The second-order valence-electron chi connectivity index (χ2n) is 5.48. The predicted octanol–water partition coefficient (Wildman–Crippen LogP) is 3.10. The minimum Gasteiger partial charge on any atom is -0.508 e. The first kappa shape index (κ1) is 14.8. The number of nitrogens with one attached hydrogen (secondary N) is 2. The van der Waals surface area contributed by atoms with E-state index in [1.807, 2.05) is 13.0 Å². The van der Waals surface area contributed by atoms with Gasteiger partial charge in [-0.05, 0) is 37.1 Å². The standard InChI is InChI=1S/C18H16N2O3/c1-10-7-11(2)16(21)8-15(10)20-18(23)13-9-19-14-6-4-3-5-12(14)17(13)22/h3-9,21H,1-2H3,(H,19,22)(H,20,23). The van der Waals surface area contributed by atoms with Gasteiger partial charge in [-0.15, -0.1) is 0 Å². The van der Waals surface area contributed by atoms with Gasteiger partial charge in [0.2, 0.25) is 5.43 Å². The molecule has 0 bridgehead atoms. The van der Waals surface area contributed by atoms with E-state index in [0.717, 1.165) is 11.1 Å². The number of carbonyl (C=O) groups excluding carboxylic acids is 1. The molecule has 3 aromatic rings. The third-order valence-corrected chi connectivity index (χ3v) is 3.82. The Balaban J connectivity index is 2.00. The summed E-state index contributed by atoms with van der Waals surface area (Å²) in [6.45, 7) is 3.61. The molecule has 0 radical (unpaired) electrons. The van der Waals surface area contributed by atoms with Crippen molar-refractivity contribution in [1.29, 1.82) is 0 Å². The van der Waals surface area contributed by atoms with E-state index in [0.29, 0.717) is 16.6 Å². The van der Waals surface area contributed by atoms with Gasteiger partial charge < -0.3 is 15.4 Å². The minimum atomic E-state index is -0.511. The van der Waals surface area contributed by atoms with Crippen molar-refractivity contribution in [3.05, 3.63) is 69.5 Å². The highest BCUT2D eigenvalue weighted by molar-refractivity contribution is 6.06. The third kappa shape index (κ3) is 2.68. The first-order chi connectivity index (χ1) is 11.0. The van der Waals surface area contributed by atoms with E-state index < -0.39 is 5.91 Å². The predicted molar refractivity (Wildman–Crippen MR) is 90.1 cm³/mol. The van der Waals surface area contributed by atoms with Crippen LogP contribution in [0.25, 0.3) is 10.9 Å². The number of phenols is 1. The lowest BCUT2D eigenvalue weighted by molar-refractivity contribution is 0.102. The molecule has 1 aromatic heterocycles. The van der Waals surface area contributed by atoms with E-state index in [1.165, 1.54) is 12.3 Å². The van der Waals surface area contributed by atoms with E-state index in [-0.39, 0.29) is 16.7 Å². The van der Waals surface area contributed by atoms with Crippen LogP contribution in [-0.2, 0) is 0 Å². The summed E-state index contributed by atoms with van der Waals surface area (Å²) in [6, 6.07) is 10.3. The molecular formula is C18H16N2O3. The zero-order valence-electron chi connectivity index (χ0n) is 12.8. The number of aryl methyl sites for hydroxylation is 2. The number of aromatic amines is 1. The summed E-state index contributed by atoms with van der Waals surface area (Å²) in [7, 11) is 0. The fraction of sp³-hybridized carbons (Fsp3) is 0.111. The smallest absolute Gasteiger partial charge is 0.261 e. The first-order valence-electron chi connectivity index (χ1n) is 7.19. The molecule has 5 nitrogen and oxygen atoms in total. The number of rotatable bonds is 2. The molecule has 23 heavy (non-hydrogen) atoms. The maximum Gasteiger partial charge on any atom is 0.261 e. The molecule has 0 fully saturated rings. The van der Waals surface area contributed by atoms with Crippen LogP contribution in [0.4, 0.5) is 5.69 Å². The molecule has 0 atom stereocenters. The Morgan fingerprint density at radius 2 is 1.87 bits per heavy atom. The number of carbonyl (C=O) groups is 1. The average molecular weight is 308 g/mol. The lowest BCUT2D eigenvalue weighted by atomic mass is 10.1. The van der Waals surface area contributed by atoms with E-state index in [2.05, 4.69) is 10.3 Å². The number of amides is 1. The number of aromatic hydroxyl groups is 1. The molecule has 116 valence electrons. The molecule has 3 rings (SSSR count). The largest absolute Gasteiger partial charge is 0.508 e. The van der Waals surface area contributed by atoms with Gasteiger partial charge in [-0.25, -0.2) is 0 Å². The van der Waals surface area contributed by atoms with Crippen molar-refractivity contribution < 1.29 is 9.90 Å². The highest BCUT2D eigenvalue weighted by Gasteiger charge is 2.14. The number of aromatic nitrogens is 1. The number of fused-ring (bicyclic) bond motifs is 1. The topological polar surface area (TPSA) is 82.2 Å². The van der Waals surface area contributed by atoms with Crippen LogP contribution in [0.2, 0.25) is 0 Å². The molecule has 5 heteroatoms. The molecule has 0 aliphatic carbocycles. The Morgan fingerprint density at radius 3 is 2.65 bits per heavy atom. The maximum atomic E-state index is 12.4. The second kappa shape index (κ2) is 5.61. The van der Waals surface area contributed by atoms with Crippen LogP contribution in [0, 0.1) is 13.8 Å². The van der Waals surface area contributed by atoms with Crippen molar-refractivity contribution in [1.82, 2.24) is 4.98 Å². The Bertz CT molecular complexity index is 974. The summed E-state index contributed by atoms with van der Waals surface area (Å²) in [4.78, 5) is 27.8. The number of hydrogen-bond acceptors (Lipinski definition) is 3. The zero-order chi connectivity index (χ0) is 16.6. The summed E-state index contributed by atoms with van der Waals surface area (Å²) in [5, 5.41) is 12.9. The van der Waals surface area contributed by atoms with Crippen molar-refractivity contribution in [3.8, 4) is 5.75 Å². The van der Waals surface area contributed by atoms with Gasteiger partial charge in [0.1, 0.15) is 11.3 Å². The highest BCUT2D eigenvalue weighted by atomic mass is 16.3. The molecular weight excluding hydrogens is 292 g/mol. The van der Waals surface area contributed by atoms with Gasteiger partial charge in [-0.1, -0.05) is 18.2 Å². The normalized spacial score (nSPS) is 10.7. The molecule has 0 saturated heterocycles. The van der Waals surface area contributed by atoms with Crippen LogP contribution in [0.5, 0.6) is 5.75 Å². The molecule has 0 aliphatic rings. The van der Waals surface area contributed by atoms with Gasteiger partial charge in [0.15, 0.2) is 0 Å². The molecule has 3 N–H and O–H groups in total. The molecule has 2 aromatic carbocycles. The fourth-order valence-corrected chi connectivity index (χ4v) is 2.50. The first-order valence-corrected chi connectivity index (χ1v) is 7.19. The Labute approximate surface area is 132 Å². The van der Waals surface area contributed by atoms with Crippen molar-refractivity contribution in [2.75, 3.05) is 5.32 Å². The molecule has 0 spiro atoms. The van der Waals surface area contributed by atoms with Crippen LogP contribution in [0.15, 0.2) is 47.4 Å². The second-order valence-corrected chi connectivity index (χ2v) is 5.48. The van der Waals surface area contributed by atoms with Gasteiger partial charge in [-0.2, -0.15) is 0 Å². The van der Waals surface area contributed by atoms with Crippen LogP contribution < -0.4 is 10.7 Å². The summed E-state index contributed by atoms with van der Waals surface area (Å²) in [5.41, 5.74) is 2.40. The minimum absolute atomic E-state index is 0.0307. The summed E-state index contributed by atoms with van der Waals surface area (Å²) >= 11 is 0. The van der Waals surface area contributed by atoms with Crippen molar-refractivity contribution in [3.63, 3.8) is 0 Å². The Hall–Kier alpha value is -3.08. The van der Waals surface area contributed by atoms with Crippen LogP contribution in [-0.4, -0.2) is 16.0 Å². The third-order valence-electron chi connectivity index (χ3n) is 3.82. The molecule has 0 saturated carbocycles. The van der Waals surface area contributed by atoms with Crippen molar-refractivity contribution >= 4 is 22.5 Å². The number of H-pyrrole nitrogens is 1. The summed E-state index contributed by atoms with van der Waals surface area (Å²) in [6.07, 6.45) is 1.41. The van der Waals surface area contributed by atoms with E-state index in [1.54, 1.807) is 31.2 Å². The number of pyridine rings is 1. The van der Waals surface area contributed by atoms with Crippen molar-refractivity contribution in [2.45, 2.75) is 13.8 Å². The number of hydrogen-bond donors (Lipinski definition) is 3. The number of phenolic OH excluding ortho intramolecular Hbond substituents is 1. The number of anilines is 1. The fourth-order valence-electron chi connectivity index (χ4n) is 2.50. The van der Waals surface area contributed by atoms with E-state index in [4.69, 9.17) is 0 Å². The number of para-hydroxylation sites is 1. The Kier molecular flexibility index (Phi) is 3.62. The van der Waals surface area contributed by atoms with Crippen LogP contribution in [0.3, 0.4) is 0 Å². The zero-order valence-corrected chi connectivity index (χ0v) is 12.8. The maximum absolute atomic E-state index is 12.4. The van der Waals surface area contributed by atoms with Crippen LogP contribution in [0.1, 0.15) is 21.5 Å². The Morgan fingerprint density at radius 1 is 1.13 bits per heavy atom. The van der Waals surface area contributed by atoms with Gasteiger partial charge in [-0.3, -0.25) is 9.59 Å². The SMILES string of the molecule is Cc1cc(C)c(NC(=O)c2c[nH]c3ccccc3c2=O)cc1O. The summed E-state index contributed by atoms with van der Waals surface area (Å²) in [5.74, 6) is -0.415. The van der Waals surface area contributed by atoms with E-state index in [9.17, 15) is 14.7 Å². The lowest BCUT2D eigenvalue weighted by Gasteiger charge is -2.10. The quantitative estimate of drug-likeness (QED) is 0.680. The summed E-state index contributed by atoms with van der Waals surface area (Å²) < 4.78 is 0. The molecule has 1 heterocycles. The van der Waals surface area contributed by atoms with Gasteiger partial charge >= 0.3 is 0 Å². The van der Waals surface area contributed by atoms with Gasteiger partial charge in [0, 0.05) is 28.9 Å². The molecule has 1 amide bonds. The lowest BCUT2D eigenvalue weighted by Crippen LogP contribution is -2.22. The van der Waals surface area contributed by atoms with Gasteiger partial charge in [0.05, 0.1) is 0 Å². The monoisotopic (exact) mass is 308 g/mol. The highest BCUT2D eigenvalue weighted by Crippen LogP contribution is 2.25.